The van der Waals surface area contributed by atoms with Crippen molar-refractivity contribution in [1.29, 1.82) is 0 Å². The summed E-state index contributed by atoms with van der Waals surface area (Å²) in [6, 6.07) is 18.2. The Labute approximate surface area is 134 Å². The van der Waals surface area contributed by atoms with Crippen LogP contribution in [-0.2, 0) is 5.41 Å². The second-order valence-corrected chi connectivity index (χ2v) is 6.82. The fourth-order valence-corrected chi connectivity index (χ4v) is 3.43. The molecular formula is C20H26N2. The lowest BCUT2D eigenvalue weighted by atomic mass is 9.60. The van der Waals surface area contributed by atoms with Crippen molar-refractivity contribution in [2.75, 3.05) is 38.0 Å². The van der Waals surface area contributed by atoms with Crippen molar-refractivity contribution in [2.24, 2.45) is 0 Å². The minimum atomic E-state index is 0.232. The molecule has 1 fully saturated rings. The predicted octanol–water partition coefficient (Wildman–Crippen LogP) is 4.29. The van der Waals surface area contributed by atoms with Crippen molar-refractivity contribution in [1.82, 2.24) is 0 Å². The van der Waals surface area contributed by atoms with E-state index in [1.807, 2.05) is 0 Å². The highest BCUT2D eigenvalue weighted by Crippen LogP contribution is 2.49. The molecule has 0 aromatic heterocycles. The van der Waals surface area contributed by atoms with Crippen molar-refractivity contribution in [3.8, 4) is 0 Å². The maximum absolute atomic E-state index is 2.31. The molecule has 2 aromatic carbocycles. The standard InChI is InChI=1S/C20H26N2/c1-21(2)18-10-6-16(7-11-18)20(14-5-15-20)17-8-12-19(13-9-17)22(3)4/h6-13H,5,14-15H2,1-4H3. The lowest BCUT2D eigenvalue weighted by molar-refractivity contribution is 0.301. The molecule has 0 saturated heterocycles. The third-order valence-electron chi connectivity index (χ3n) is 5.08. The Kier molecular flexibility index (Phi) is 3.86. The first-order chi connectivity index (χ1) is 10.5. The number of benzene rings is 2. The molecule has 0 radical (unpaired) electrons. The van der Waals surface area contributed by atoms with Gasteiger partial charge in [0.1, 0.15) is 0 Å². The van der Waals surface area contributed by atoms with Gasteiger partial charge < -0.3 is 9.80 Å². The van der Waals surface area contributed by atoms with Crippen LogP contribution in [0.4, 0.5) is 11.4 Å². The first-order valence-corrected chi connectivity index (χ1v) is 8.09. The summed E-state index contributed by atoms with van der Waals surface area (Å²) in [4.78, 5) is 4.31. The third-order valence-corrected chi connectivity index (χ3v) is 5.08. The summed E-state index contributed by atoms with van der Waals surface area (Å²) in [6.45, 7) is 0. The second-order valence-electron chi connectivity index (χ2n) is 6.82. The fraction of sp³-hybridized carbons (Fsp3) is 0.400. The van der Waals surface area contributed by atoms with E-state index >= 15 is 0 Å². The number of hydrogen-bond acceptors (Lipinski definition) is 2. The van der Waals surface area contributed by atoms with Crippen LogP contribution in [0, 0.1) is 0 Å². The average molecular weight is 294 g/mol. The average Bonchev–Trinajstić information content (AvgIpc) is 2.47. The third kappa shape index (κ3) is 2.47. The smallest absolute Gasteiger partial charge is 0.0361 e. The molecule has 2 aromatic rings. The van der Waals surface area contributed by atoms with Gasteiger partial charge in [-0.05, 0) is 48.2 Å². The predicted molar refractivity (Wildman–Crippen MR) is 96.2 cm³/mol. The molecular weight excluding hydrogens is 268 g/mol. The highest BCUT2D eigenvalue weighted by Gasteiger charge is 2.40. The van der Waals surface area contributed by atoms with Crippen LogP contribution < -0.4 is 9.80 Å². The van der Waals surface area contributed by atoms with Gasteiger partial charge in [-0.25, -0.2) is 0 Å². The number of hydrogen-bond donors (Lipinski definition) is 0. The van der Waals surface area contributed by atoms with Gasteiger partial charge in [0.15, 0.2) is 0 Å². The minimum Gasteiger partial charge on any atom is -0.378 e. The molecule has 116 valence electrons. The topological polar surface area (TPSA) is 6.48 Å². The van der Waals surface area contributed by atoms with Gasteiger partial charge >= 0.3 is 0 Å². The number of rotatable bonds is 4. The van der Waals surface area contributed by atoms with Crippen LogP contribution >= 0.6 is 0 Å². The zero-order chi connectivity index (χ0) is 15.7. The molecule has 1 saturated carbocycles. The summed E-state index contributed by atoms with van der Waals surface area (Å²) in [5, 5.41) is 0. The Morgan fingerprint density at radius 1 is 0.636 bits per heavy atom. The molecule has 2 nitrogen and oxygen atoms in total. The summed E-state index contributed by atoms with van der Waals surface area (Å²) in [5.41, 5.74) is 5.68. The molecule has 3 rings (SSSR count). The molecule has 2 heteroatoms. The normalized spacial score (nSPS) is 16.0. The van der Waals surface area contributed by atoms with Crippen molar-refractivity contribution in [2.45, 2.75) is 24.7 Å². The summed E-state index contributed by atoms with van der Waals surface area (Å²) < 4.78 is 0. The van der Waals surface area contributed by atoms with Crippen molar-refractivity contribution >= 4 is 11.4 Å². The van der Waals surface area contributed by atoms with Gasteiger partial charge in [-0.15, -0.1) is 0 Å². The van der Waals surface area contributed by atoms with Crippen LogP contribution in [0.25, 0.3) is 0 Å². The molecule has 0 N–H and O–H groups in total. The first-order valence-electron chi connectivity index (χ1n) is 8.09. The fourth-order valence-electron chi connectivity index (χ4n) is 3.43. The van der Waals surface area contributed by atoms with Gasteiger partial charge in [0.05, 0.1) is 0 Å². The molecule has 0 unspecified atom stereocenters. The monoisotopic (exact) mass is 294 g/mol. The van der Waals surface area contributed by atoms with Crippen molar-refractivity contribution in [3.63, 3.8) is 0 Å². The van der Waals surface area contributed by atoms with E-state index in [0.717, 1.165) is 0 Å². The van der Waals surface area contributed by atoms with Crippen molar-refractivity contribution < 1.29 is 0 Å². The van der Waals surface area contributed by atoms with E-state index in [0.29, 0.717) is 0 Å². The molecule has 0 amide bonds. The molecule has 1 aliphatic carbocycles. The summed E-state index contributed by atoms with van der Waals surface area (Å²) >= 11 is 0. The maximum Gasteiger partial charge on any atom is 0.0361 e. The Hall–Kier alpha value is -1.96. The van der Waals surface area contributed by atoms with Crippen LogP contribution in [0.3, 0.4) is 0 Å². The van der Waals surface area contributed by atoms with Crippen LogP contribution in [0.1, 0.15) is 30.4 Å². The highest BCUT2D eigenvalue weighted by atomic mass is 15.1. The lowest BCUT2D eigenvalue weighted by Crippen LogP contribution is -2.35. The van der Waals surface area contributed by atoms with Crippen molar-refractivity contribution in [3.05, 3.63) is 59.7 Å². The quantitative estimate of drug-likeness (QED) is 0.830. The molecule has 1 aliphatic rings. The van der Waals surface area contributed by atoms with Crippen LogP contribution in [0.15, 0.2) is 48.5 Å². The number of anilines is 2. The lowest BCUT2D eigenvalue weighted by Gasteiger charge is -2.43. The van der Waals surface area contributed by atoms with E-state index in [1.54, 1.807) is 0 Å². The zero-order valence-electron chi connectivity index (χ0n) is 14.1. The molecule has 0 atom stereocenters. The van der Waals surface area contributed by atoms with Crippen LogP contribution in [-0.4, -0.2) is 28.2 Å². The Bertz CT molecular complexity index is 566. The Morgan fingerprint density at radius 3 is 1.23 bits per heavy atom. The van der Waals surface area contributed by atoms with Gasteiger partial charge in [0, 0.05) is 45.0 Å². The number of nitrogens with zero attached hydrogens (tertiary/aromatic N) is 2. The van der Waals surface area contributed by atoms with Gasteiger partial charge in [0.2, 0.25) is 0 Å². The van der Waals surface area contributed by atoms with E-state index in [2.05, 4.69) is 86.5 Å². The largest absolute Gasteiger partial charge is 0.378 e. The molecule has 0 aliphatic heterocycles. The maximum atomic E-state index is 2.31. The molecule has 0 bridgehead atoms. The van der Waals surface area contributed by atoms with Gasteiger partial charge in [-0.3, -0.25) is 0 Å². The Morgan fingerprint density at radius 2 is 1.00 bits per heavy atom. The second kappa shape index (κ2) is 5.68. The van der Waals surface area contributed by atoms with Gasteiger partial charge in [-0.1, -0.05) is 30.7 Å². The zero-order valence-corrected chi connectivity index (χ0v) is 14.1. The van der Waals surface area contributed by atoms with Crippen LogP contribution in [0.5, 0.6) is 0 Å². The molecule has 22 heavy (non-hydrogen) atoms. The molecule has 0 heterocycles. The van der Waals surface area contributed by atoms with E-state index in [-0.39, 0.29) is 5.41 Å². The summed E-state index contributed by atoms with van der Waals surface area (Å²) in [6.07, 6.45) is 3.84. The van der Waals surface area contributed by atoms with E-state index < -0.39 is 0 Å². The van der Waals surface area contributed by atoms with E-state index in [9.17, 15) is 0 Å². The summed E-state index contributed by atoms with van der Waals surface area (Å²) in [7, 11) is 8.37. The first kappa shape index (κ1) is 15.0. The highest BCUT2D eigenvalue weighted by molar-refractivity contribution is 5.53. The summed E-state index contributed by atoms with van der Waals surface area (Å²) in [5.74, 6) is 0. The van der Waals surface area contributed by atoms with E-state index in [1.165, 1.54) is 41.8 Å². The Balaban J connectivity index is 1.94. The SMILES string of the molecule is CN(C)c1ccc(C2(c3ccc(N(C)C)cc3)CCC2)cc1. The van der Waals surface area contributed by atoms with Gasteiger partial charge in [0.25, 0.3) is 0 Å². The van der Waals surface area contributed by atoms with E-state index in [4.69, 9.17) is 0 Å². The van der Waals surface area contributed by atoms with Gasteiger partial charge in [-0.2, -0.15) is 0 Å². The minimum absolute atomic E-state index is 0.232. The molecule has 0 spiro atoms. The van der Waals surface area contributed by atoms with Crippen LogP contribution in [0.2, 0.25) is 0 Å².